The third-order valence-corrected chi connectivity index (χ3v) is 6.91. The molecule has 0 amide bonds. The van der Waals surface area contributed by atoms with Gasteiger partial charge in [0.15, 0.2) is 0 Å². The first-order valence-electron chi connectivity index (χ1n) is 12.2. The molecule has 1 aliphatic rings. The van der Waals surface area contributed by atoms with Crippen LogP contribution in [0, 0.1) is 6.92 Å². The molecule has 1 saturated heterocycles. The van der Waals surface area contributed by atoms with Gasteiger partial charge in [0.2, 0.25) is 0 Å². The quantitative estimate of drug-likeness (QED) is 0.376. The molecule has 1 fully saturated rings. The number of imidazole rings is 1. The van der Waals surface area contributed by atoms with Crippen LogP contribution >= 0.6 is 0 Å². The highest BCUT2D eigenvalue weighted by atomic mass is 15.1. The third kappa shape index (κ3) is 3.64. The lowest BCUT2D eigenvalue weighted by atomic mass is 10.1. The molecule has 0 radical (unpaired) electrons. The second kappa shape index (κ2) is 8.39. The molecule has 0 aliphatic carbocycles. The number of aryl methyl sites for hydroxylation is 1. The minimum Gasteiger partial charge on any atom is -0.352 e. The van der Waals surface area contributed by atoms with Gasteiger partial charge in [0.05, 0.1) is 58.7 Å². The second-order valence-electron chi connectivity index (χ2n) is 9.48. The number of likely N-dealkylation sites (tertiary alicyclic amines) is 1. The Morgan fingerprint density at radius 3 is 2.64 bits per heavy atom. The molecule has 0 aromatic carbocycles. The summed E-state index contributed by atoms with van der Waals surface area (Å²) in [5.74, 6) is 0. The molecule has 0 bridgehead atoms. The van der Waals surface area contributed by atoms with E-state index < -0.39 is 0 Å². The Morgan fingerprint density at radius 2 is 1.78 bits per heavy atom. The molecule has 9 nitrogen and oxygen atoms in total. The van der Waals surface area contributed by atoms with Crippen molar-refractivity contribution in [3.8, 4) is 28.3 Å². The van der Waals surface area contributed by atoms with Crippen molar-refractivity contribution in [1.82, 2.24) is 44.6 Å². The number of nitrogens with zero attached hydrogens (tertiary/aromatic N) is 7. The van der Waals surface area contributed by atoms with Crippen molar-refractivity contribution in [2.75, 3.05) is 13.1 Å². The number of rotatable bonds is 5. The topological polar surface area (TPSA) is 104 Å². The number of aromatic nitrogens is 8. The van der Waals surface area contributed by atoms with Gasteiger partial charge in [-0.05, 0) is 56.6 Å². The highest BCUT2D eigenvalue weighted by molar-refractivity contribution is 5.98. The molecule has 9 heteroatoms. The molecule has 0 spiro atoms. The molecule has 7 heterocycles. The molecule has 6 aromatic heterocycles. The van der Waals surface area contributed by atoms with Crippen molar-refractivity contribution in [2.45, 2.75) is 26.3 Å². The summed E-state index contributed by atoms with van der Waals surface area (Å²) in [4.78, 5) is 24.0. The Hall–Kier alpha value is -4.37. The van der Waals surface area contributed by atoms with E-state index in [0.29, 0.717) is 0 Å². The Balaban J connectivity index is 1.28. The zero-order valence-corrected chi connectivity index (χ0v) is 19.9. The Labute approximate surface area is 207 Å². The van der Waals surface area contributed by atoms with Crippen molar-refractivity contribution in [1.29, 1.82) is 0 Å². The monoisotopic (exact) mass is 475 g/mol. The summed E-state index contributed by atoms with van der Waals surface area (Å²) in [7, 11) is 0. The minimum absolute atomic E-state index is 0.846. The normalized spacial score (nSPS) is 14.4. The van der Waals surface area contributed by atoms with E-state index in [1.807, 2.05) is 55.0 Å². The zero-order valence-electron chi connectivity index (χ0n) is 19.9. The highest BCUT2D eigenvalue weighted by Gasteiger charge is 2.16. The Morgan fingerprint density at radius 1 is 0.889 bits per heavy atom. The predicted octanol–water partition coefficient (Wildman–Crippen LogP) is 4.65. The van der Waals surface area contributed by atoms with Crippen LogP contribution in [0.3, 0.4) is 0 Å². The SMILES string of the molecule is Cc1cn(-c2cncc3[nH]c(-c4n[nH]c5cnc(-c6cncc(CN7CCCC7)c6)cc45)cc23)cn1. The average molecular weight is 476 g/mol. The number of aromatic amines is 2. The summed E-state index contributed by atoms with van der Waals surface area (Å²) >= 11 is 0. The van der Waals surface area contributed by atoms with E-state index in [-0.39, 0.29) is 0 Å². The number of hydrogen-bond acceptors (Lipinski definition) is 6. The van der Waals surface area contributed by atoms with Gasteiger partial charge in [0.1, 0.15) is 5.69 Å². The predicted molar refractivity (Wildman–Crippen MR) is 139 cm³/mol. The fraction of sp³-hybridized carbons (Fsp3) is 0.222. The molecule has 36 heavy (non-hydrogen) atoms. The summed E-state index contributed by atoms with van der Waals surface area (Å²) in [6.45, 7) is 5.23. The van der Waals surface area contributed by atoms with Gasteiger partial charge in [-0.15, -0.1) is 0 Å². The Bertz CT molecular complexity index is 1700. The van der Waals surface area contributed by atoms with Crippen molar-refractivity contribution in [3.63, 3.8) is 0 Å². The van der Waals surface area contributed by atoms with Gasteiger partial charge < -0.3 is 9.55 Å². The van der Waals surface area contributed by atoms with Gasteiger partial charge in [0.25, 0.3) is 0 Å². The first kappa shape index (κ1) is 21.0. The first-order chi connectivity index (χ1) is 17.7. The number of nitrogens with one attached hydrogen (secondary N) is 2. The lowest BCUT2D eigenvalue weighted by Crippen LogP contribution is -2.18. The van der Waals surface area contributed by atoms with Gasteiger partial charge in [-0.2, -0.15) is 5.10 Å². The van der Waals surface area contributed by atoms with E-state index in [9.17, 15) is 0 Å². The first-order valence-corrected chi connectivity index (χ1v) is 12.2. The summed E-state index contributed by atoms with van der Waals surface area (Å²) in [6.07, 6.45) is 15.8. The number of fused-ring (bicyclic) bond motifs is 2. The lowest BCUT2D eigenvalue weighted by molar-refractivity contribution is 0.331. The second-order valence-corrected chi connectivity index (χ2v) is 9.48. The average Bonchev–Trinajstić information content (AvgIpc) is 3.70. The summed E-state index contributed by atoms with van der Waals surface area (Å²) in [5.41, 5.74) is 8.63. The molecule has 1 aliphatic heterocycles. The van der Waals surface area contributed by atoms with Crippen molar-refractivity contribution < 1.29 is 0 Å². The Kier molecular flexibility index (Phi) is 4.88. The van der Waals surface area contributed by atoms with Crippen LogP contribution in [0.5, 0.6) is 0 Å². The van der Waals surface area contributed by atoms with E-state index in [1.165, 1.54) is 18.4 Å². The van der Waals surface area contributed by atoms with Crippen LogP contribution in [0.2, 0.25) is 0 Å². The van der Waals surface area contributed by atoms with Gasteiger partial charge >= 0.3 is 0 Å². The highest BCUT2D eigenvalue weighted by Crippen LogP contribution is 2.32. The van der Waals surface area contributed by atoms with Crippen molar-refractivity contribution in [3.05, 3.63) is 73.0 Å². The molecule has 0 saturated carbocycles. The maximum absolute atomic E-state index is 4.70. The lowest BCUT2D eigenvalue weighted by Gasteiger charge is -2.14. The fourth-order valence-corrected chi connectivity index (χ4v) is 5.12. The maximum atomic E-state index is 4.70. The van der Waals surface area contributed by atoms with Gasteiger partial charge in [0, 0.05) is 41.5 Å². The molecule has 2 N–H and O–H groups in total. The van der Waals surface area contributed by atoms with Crippen molar-refractivity contribution >= 4 is 21.8 Å². The van der Waals surface area contributed by atoms with Crippen LogP contribution in [0.25, 0.3) is 50.1 Å². The van der Waals surface area contributed by atoms with Crippen LogP contribution in [0.4, 0.5) is 0 Å². The van der Waals surface area contributed by atoms with E-state index in [2.05, 4.69) is 53.2 Å². The van der Waals surface area contributed by atoms with E-state index in [1.54, 1.807) is 0 Å². The number of pyridine rings is 3. The summed E-state index contributed by atoms with van der Waals surface area (Å²) < 4.78 is 2.00. The zero-order chi connectivity index (χ0) is 24.1. The minimum atomic E-state index is 0.846. The molecular weight excluding hydrogens is 450 g/mol. The third-order valence-electron chi connectivity index (χ3n) is 6.91. The van der Waals surface area contributed by atoms with E-state index in [4.69, 9.17) is 4.98 Å². The smallest absolute Gasteiger partial charge is 0.116 e. The van der Waals surface area contributed by atoms with Crippen LogP contribution in [0.1, 0.15) is 24.1 Å². The van der Waals surface area contributed by atoms with E-state index in [0.717, 1.165) is 75.5 Å². The molecule has 0 atom stereocenters. The van der Waals surface area contributed by atoms with Gasteiger partial charge in [-0.3, -0.25) is 25.0 Å². The largest absolute Gasteiger partial charge is 0.352 e. The number of hydrogen-bond donors (Lipinski definition) is 2. The number of H-pyrrole nitrogens is 2. The van der Waals surface area contributed by atoms with Gasteiger partial charge in [-0.1, -0.05) is 0 Å². The van der Waals surface area contributed by atoms with E-state index >= 15 is 0 Å². The van der Waals surface area contributed by atoms with Gasteiger partial charge in [-0.25, -0.2) is 4.98 Å². The van der Waals surface area contributed by atoms with Crippen LogP contribution in [-0.2, 0) is 6.54 Å². The standard InChI is InChI=1S/C27H25N9/c1-17-14-36(16-31-17)26-13-29-11-24-20(26)7-23(32-24)27-21-8-22(30-12-25(21)33-34-27)19-6-18(9-28-10-19)15-35-4-2-3-5-35/h6-14,16,32H,2-5,15H2,1H3,(H,33,34). The molecular formula is C27H25N9. The molecule has 178 valence electrons. The van der Waals surface area contributed by atoms with Crippen LogP contribution < -0.4 is 0 Å². The van der Waals surface area contributed by atoms with Crippen LogP contribution in [0.15, 0.2) is 61.7 Å². The fourth-order valence-electron chi connectivity index (χ4n) is 5.12. The molecule has 6 aromatic rings. The van der Waals surface area contributed by atoms with Crippen molar-refractivity contribution in [2.24, 2.45) is 0 Å². The molecule has 0 unspecified atom stereocenters. The maximum Gasteiger partial charge on any atom is 0.116 e. The summed E-state index contributed by atoms with van der Waals surface area (Å²) in [6, 6.07) is 6.41. The molecule has 7 rings (SSSR count). The summed E-state index contributed by atoms with van der Waals surface area (Å²) in [5, 5.41) is 9.82. The van der Waals surface area contributed by atoms with Crippen LogP contribution in [-0.4, -0.2) is 57.7 Å².